The van der Waals surface area contributed by atoms with Gasteiger partial charge in [0.1, 0.15) is 0 Å². The van der Waals surface area contributed by atoms with Gasteiger partial charge in [0.15, 0.2) is 0 Å². The molecule has 0 fully saturated rings. The highest BCUT2D eigenvalue weighted by Crippen LogP contribution is 2.08. The average molecular weight is 135 g/mol. The molecule has 1 rings (SSSR count). The molecular formula is C8H11N2. The Balaban J connectivity index is 2.87. The van der Waals surface area contributed by atoms with E-state index in [1.807, 2.05) is 31.3 Å². The minimum atomic E-state index is 0.357. The molecule has 0 aliphatic carbocycles. The van der Waals surface area contributed by atoms with Gasteiger partial charge in [-0.15, -0.1) is 0 Å². The Morgan fingerprint density at radius 3 is 2.90 bits per heavy atom. The van der Waals surface area contributed by atoms with E-state index in [0.29, 0.717) is 6.54 Å². The molecule has 0 amide bonds. The van der Waals surface area contributed by atoms with E-state index < -0.39 is 0 Å². The normalized spacial score (nSPS) is 9.40. The number of hydrogen-bond donors (Lipinski definition) is 1. The highest BCUT2D eigenvalue weighted by Gasteiger charge is 1.89. The molecule has 0 saturated carbocycles. The van der Waals surface area contributed by atoms with Gasteiger partial charge in [-0.05, 0) is 17.7 Å². The van der Waals surface area contributed by atoms with Crippen LogP contribution in [-0.4, -0.2) is 7.05 Å². The van der Waals surface area contributed by atoms with Crippen molar-refractivity contribution < 1.29 is 0 Å². The van der Waals surface area contributed by atoms with Gasteiger partial charge in [0.05, 0.1) is 0 Å². The third-order valence-electron chi connectivity index (χ3n) is 1.42. The fourth-order valence-electron chi connectivity index (χ4n) is 0.837. The minimum Gasteiger partial charge on any atom is -0.388 e. The standard InChI is InChI=1S/C8H11N2/c1-10-8-4-2-3-7(5-8)6-9/h2-5,9-10H,6H2,1H3. The summed E-state index contributed by atoms with van der Waals surface area (Å²) in [5.74, 6) is 0. The average Bonchev–Trinajstić information content (AvgIpc) is 2.05. The molecule has 0 aromatic heterocycles. The van der Waals surface area contributed by atoms with Crippen LogP contribution in [0.3, 0.4) is 0 Å². The van der Waals surface area contributed by atoms with Crippen LogP contribution >= 0.6 is 0 Å². The molecule has 2 nitrogen and oxygen atoms in total. The molecule has 2 N–H and O–H groups in total. The van der Waals surface area contributed by atoms with Gasteiger partial charge in [-0.25, -0.2) is 0 Å². The zero-order valence-corrected chi connectivity index (χ0v) is 6.02. The molecule has 1 aromatic rings. The zero-order valence-electron chi connectivity index (χ0n) is 6.02. The largest absolute Gasteiger partial charge is 0.388 e. The van der Waals surface area contributed by atoms with E-state index in [2.05, 4.69) is 5.32 Å². The van der Waals surface area contributed by atoms with Crippen LogP contribution in [0.5, 0.6) is 0 Å². The maximum absolute atomic E-state index is 7.09. The predicted molar refractivity (Wildman–Crippen MR) is 42.8 cm³/mol. The third-order valence-corrected chi connectivity index (χ3v) is 1.42. The second-order valence-corrected chi connectivity index (χ2v) is 2.13. The summed E-state index contributed by atoms with van der Waals surface area (Å²) in [6.45, 7) is 0.357. The molecule has 0 atom stereocenters. The number of nitrogens with one attached hydrogen (secondary N) is 2. The van der Waals surface area contributed by atoms with Gasteiger partial charge in [-0.2, -0.15) is 0 Å². The van der Waals surface area contributed by atoms with E-state index in [1.54, 1.807) is 0 Å². The van der Waals surface area contributed by atoms with Crippen molar-refractivity contribution in [3.63, 3.8) is 0 Å². The minimum absolute atomic E-state index is 0.357. The van der Waals surface area contributed by atoms with Crippen molar-refractivity contribution in [1.82, 2.24) is 5.73 Å². The number of anilines is 1. The molecule has 10 heavy (non-hydrogen) atoms. The Bertz CT molecular complexity index is 189. The number of rotatable bonds is 2. The fourth-order valence-corrected chi connectivity index (χ4v) is 0.837. The Labute approximate surface area is 61.1 Å². The molecule has 53 valence electrons. The Kier molecular flexibility index (Phi) is 2.29. The maximum Gasteiger partial charge on any atom is 0.0351 e. The number of hydrogen-bond acceptors (Lipinski definition) is 1. The summed E-state index contributed by atoms with van der Waals surface area (Å²) in [5.41, 5.74) is 9.21. The summed E-state index contributed by atoms with van der Waals surface area (Å²) in [6, 6.07) is 7.87. The van der Waals surface area contributed by atoms with Gasteiger partial charge in [0.2, 0.25) is 0 Å². The molecule has 1 radical (unpaired) electrons. The molecule has 0 heterocycles. The van der Waals surface area contributed by atoms with E-state index in [9.17, 15) is 0 Å². The lowest BCUT2D eigenvalue weighted by molar-refractivity contribution is 1.03. The van der Waals surface area contributed by atoms with Crippen LogP contribution in [0, 0.1) is 0 Å². The summed E-state index contributed by atoms with van der Waals surface area (Å²) in [7, 11) is 1.88. The van der Waals surface area contributed by atoms with Crippen molar-refractivity contribution in [2.75, 3.05) is 12.4 Å². The summed E-state index contributed by atoms with van der Waals surface area (Å²) < 4.78 is 0. The fraction of sp³-hybridized carbons (Fsp3) is 0.250. The van der Waals surface area contributed by atoms with Crippen molar-refractivity contribution in [1.29, 1.82) is 0 Å². The van der Waals surface area contributed by atoms with Crippen molar-refractivity contribution in [3.05, 3.63) is 29.8 Å². The first-order chi connectivity index (χ1) is 4.86. The van der Waals surface area contributed by atoms with Crippen LogP contribution in [0.4, 0.5) is 5.69 Å². The van der Waals surface area contributed by atoms with Gasteiger partial charge in [-0.3, -0.25) is 5.73 Å². The van der Waals surface area contributed by atoms with Crippen LogP contribution in [0.1, 0.15) is 5.56 Å². The maximum atomic E-state index is 7.09. The smallest absolute Gasteiger partial charge is 0.0351 e. The predicted octanol–water partition coefficient (Wildman–Crippen LogP) is 1.51. The molecule has 0 unspecified atom stereocenters. The molecule has 0 saturated heterocycles. The van der Waals surface area contributed by atoms with E-state index in [4.69, 9.17) is 5.73 Å². The highest BCUT2D eigenvalue weighted by molar-refractivity contribution is 5.44. The van der Waals surface area contributed by atoms with Crippen molar-refractivity contribution in [3.8, 4) is 0 Å². The first kappa shape index (κ1) is 7.09. The first-order valence-electron chi connectivity index (χ1n) is 3.28. The third kappa shape index (κ3) is 1.48. The lowest BCUT2D eigenvalue weighted by Crippen LogP contribution is -1.90. The Morgan fingerprint density at radius 2 is 2.30 bits per heavy atom. The first-order valence-corrected chi connectivity index (χ1v) is 3.28. The van der Waals surface area contributed by atoms with Gasteiger partial charge in [-0.1, -0.05) is 12.1 Å². The molecule has 2 heteroatoms. The summed E-state index contributed by atoms with van der Waals surface area (Å²) in [4.78, 5) is 0. The van der Waals surface area contributed by atoms with Gasteiger partial charge in [0.25, 0.3) is 0 Å². The van der Waals surface area contributed by atoms with Crippen molar-refractivity contribution >= 4 is 5.69 Å². The van der Waals surface area contributed by atoms with E-state index >= 15 is 0 Å². The van der Waals surface area contributed by atoms with Crippen molar-refractivity contribution in [2.45, 2.75) is 6.54 Å². The second-order valence-electron chi connectivity index (χ2n) is 2.13. The van der Waals surface area contributed by atoms with E-state index in [1.165, 1.54) is 0 Å². The van der Waals surface area contributed by atoms with Crippen LogP contribution in [-0.2, 0) is 6.54 Å². The second kappa shape index (κ2) is 3.22. The van der Waals surface area contributed by atoms with Crippen LogP contribution < -0.4 is 11.1 Å². The lowest BCUT2D eigenvalue weighted by atomic mass is 10.2. The van der Waals surface area contributed by atoms with Crippen LogP contribution in [0.15, 0.2) is 24.3 Å². The van der Waals surface area contributed by atoms with Gasteiger partial charge in [0, 0.05) is 19.3 Å². The van der Waals surface area contributed by atoms with Crippen LogP contribution in [0.2, 0.25) is 0 Å². The molecule has 0 aliphatic heterocycles. The SMILES string of the molecule is CNc1cccc(C[NH])c1. The molecule has 0 spiro atoms. The molecule has 1 aromatic carbocycles. The zero-order chi connectivity index (χ0) is 7.40. The summed E-state index contributed by atoms with van der Waals surface area (Å²) >= 11 is 0. The van der Waals surface area contributed by atoms with Crippen molar-refractivity contribution in [2.24, 2.45) is 0 Å². The van der Waals surface area contributed by atoms with Gasteiger partial charge >= 0.3 is 0 Å². The van der Waals surface area contributed by atoms with Gasteiger partial charge < -0.3 is 5.32 Å². The molecule has 0 aliphatic rings. The molecular weight excluding hydrogens is 124 g/mol. The highest BCUT2D eigenvalue weighted by atomic mass is 14.8. The monoisotopic (exact) mass is 135 g/mol. The van der Waals surface area contributed by atoms with E-state index in [-0.39, 0.29) is 0 Å². The molecule has 0 bridgehead atoms. The quantitative estimate of drug-likeness (QED) is 0.655. The topological polar surface area (TPSA) is 35.8 Å². The lowest BCUT2D eigenvalue weighted by Gasteiger charge is -2.00. The number of benzene rings is 1. The van der Waals surface area contributed by atoms with E-state index in [0.717, 1.165) is 11.3 Å². The Hall–Kier alpha value is -1.02. The summed E-state index contributed by atoms with van der Waals surface area (Å²) in [5, 5.41) is 3.02. The Morgan fingerprint density at radius 1 is 1.50 bits per heavy atom. The summed E-state index contributed by atoms with van der Waals surface area (Å²) in [6.07, 6.45) is 0. The van der Waals surface area contributed by atoms with Crippen LogP contribution in [0.25, 0.3) is 0 Å².